The van der Waals surface area contributed by atoms with Gasteiger partial charge in [-0.2, -0.15) is 0 Å². The molecule has 4 nitrogen and oxygen atoms in total. The van der Waals surface area contributed by atoms with Gasteiger partial charge in [0.05, 0.1) is 11.8 Å². The summed E-state index contributed by atoms with van der Waals surface area (Å²) in [5.41, 5.74) is 0.392. The van der Waals surface area contributed by atoms with Crippen LogP contribution in [0.25, 0.3) is 0 Å². The Kier molecular flexibility index (Phi) is 2.95. The summed E-state index contributed by atoms with van der Waals surface area (Å²) >= 11 is 5.80. The van der Waals surface area contributed by atoms with Crippen LogP contribution in [0.4, 0.5) is 0 Å². The molecule has 0 saturated carbocycles. The molecular formula is C11H15ClN2O2. The molecule has 88 valence electrons. The molecule has 1 N–H and O–H groups in total. The number of nitrogens with zero attached hydrogens (tertiary/aromatic N) is 1. The number of hydrogen-bond donors (Lipinski definition) is 1. The Bertz CT molecular complexity index is 400. The van der Waals surface area contributed by atoms with Crippen molar-refractivity contribution in [2.75, 3.05) is 19.6 Å². The van der Waals surface area contributed by atoms with Gasteiger partial charge >= 0.3 is 0 Å². The highest BCUT2D eigenvalue weighted by molar-refractivity contribution is 6.32. The van der Waals surface area contributed by atoms with Gasteiger partial charge in [0, 0.05) is 25.2 Å². The van der Waals surface area contributed by atoms with Crippen molar-refractivity contribution in [2.24, 2.45) is 0 Å². The maximum atomic E-state index is 12.1. The summed E-state index contributed by atoms with van der Waals surface area (Å²) < 4.78 is 4.93. The van der Waals surface area contributed by atoms with Crippen molar-refractivity contribution >= 4 is 17.5 Å². The van der Waals surface area contributed by atoms with E-state index in [-0.39, 0.29) is 16.7 Å². The van der Waals surface area contributed by atoms with Gasteiger partial charge in [-0.25, -0.2) is 0 Å². The van der Waals surface area contributed by atoms with Crippen LogP contribution in [0.3, 0.4) is 0 Å². The minimum atomic E-state index is -0.0617. The van der Waals surface area contributed by atoms with E-state index in [4.69, 9.17) is 16.0 Å². The van der Waals surface area contributed by atoms with E-state index in [0.29, 0.717) is 18.7 Å². The molecule has 0 bridgehead atoms. The van der Waals surface area contributed by atoms with Crippen LogP contribution in [0.2, 0.25) is 5.22 Å². The first-order valence-corrected chi connectivity index (χ1v) is 5.65. The predicted octanol–water partition coefficient (Wildman–Crippen LogP) is 1.76. The van der Waals surface area contributed by atoms with Crippen molar-refractivity contribution in [3.8, 4) is 0 Å². The lowest BCUT2D eigenvalue weighted by molar-refractivity contribution is 0.0651. The fourth-order valence-electron chi connectivity index (χ4n) is 1.93. The highest BCUT2D eigenvalue weighted by Crippen LogP contribution is 2.20. The second kappa shape index (κ2) is 4.11. The fraction of sp³-hybridized carbons (Fsp3) is 0.545. The SMILES string of the molecule is CC1(C)CN(C(=O)c2ccoc2Cl)CCN1. The minimum absolute atomic E-state index is 0.0515. The second-order valence-electron chi connectivity index (χ2n) is 4.65. The van der Waals surface area contributed by atoms with Gasteiger partial charge in [-0.05, 0) is 31.5 Å². The van der Waals surface area contributed by atoms with Crippen LogP contribution in [-0.2, 0) is 0 Å². The van der Waals surface area contributed by atoms with Crippen LogP contribution in [0.5, 0.6) is 0 Å². The number of amides is 1. The van der Waals surface area contributed by atoms with Gasteiger partial charge in [0.15, 0.2) is 0 Å². The van der Waals surface area contributed by atoms with E-state index >= 15 is 0 Å². The quantitative estimate of drug-likeness (QED) is 0.816. The highest BCUT2D eigenvalue weighted by atomic mass is 35.5. The van der Waals surface area contributed by atoms with E-state index in [0.717, 1.165) is 6.54 Å². The lowest BCUT2D eigenvalue weighted by Gasteiger charge is -2.39. The number of hydrogen-bond acceptors (Lipinski definition) is 3. The smallest absolute Gasteiger partial charge is 0.258 e. The van der Waals surface area contributed by atoms with Crippen LogP contribution in [0.15, 0.2) is 16.7 Å². The maximum absolute atomic E-state index is 12.1. The van der Waals surface area contributed by atoms with Gasteiger partial charge in [0.25, 0.3) is 5.91 Å². The van der Waals surface area contributed by atoms with Gasteiger partial charge in [-0.1, -0.05) is 0 Å². The van der Waals surface area contributed by atoms with E-state index in [1.54, 1.807) is 11.0 Å². The molecule has 1 aromatic rings. The number of nitrogens with one attached hydrogen (secondary N) is 1. The van der Waals surface area contributed by atoms with Crippen LogP contribution < -0.4 is 5.32 Å². The van der Waals surface area contributed by atoms with Crippen molar-refractivity contribution in [3.63, 3.8) is 0 Å². The standard InChI is InChI=1S/C11H15ClN2O2/c1-11(2)7-14(5-4-13-11)10(15)8-3-6-16-9(8)12/h3,6,13H,4-5,7H2,1-2H3. The fourth-order valence-corrected chi connectivity index (χ4v) is 2.13. The third kappa shape index (κ3) is 2.23. The molecule has 1 amide bonds. The summed E-state index contributed by atoms with van der Waals surface area (Å²) in [5.74, 6) is -0.0617. The lowest BCUT2D eigenvalue weighted by atomic mass is 10.0. The topological polar surface area (TPSA) is 45.5 Å². The summed E-state index contributed by atoms with van der Waals surface area (Å²) in [6.07, 6.45) is 1.43. The summed E-state index contributed by atoms with van der Waals surface area (Å²) in [5, 5.41) is 3.52. The Balaban J connectivity index is 2.14. The number of carbonyl (C=O) groups excluding carboxylic acids is 1. The molecule has 0 aliphatic carbocycles. The third-order valence-corrected chi connectivity index (χ3v) is 3.00. The molecule has 1 fully saturated rings. The largest absolute Gasteiger partial charge is 0.452 e. The number of piperazine rings is 1. The normalized spacial score (nSPS) is 19.8. The summed E-state index contributed by atoms with van der Waals surface area (Å²) in [4.78, 5) is 13.9. The van der Waals surface area contributed by atoms with Crippen molar-refractivity contribution in [2.45, 2.75) is 19.4 Å². The van der Waals surface area contributed by atoms with E-state index in [9.17, 15) is 4.79 Å². The first-order chi connectivity index (χ1) is 7.49. The minimum Gasteiger partial charge on any atom is -0.452 e. The third-order valence-electron chi connectivity index (χ3n) is 2.71. The molecule has 2 heterocycles. The Morgan fingerprint density at radius 3 is 2.94 bits per heavy atom. The molecule has 0 aromatic carbocycles. The molecular weight excluding hydrogens is 228 g/mol. The Labute approximate surface area is 99.5 Å². The van der Waals surface area contributed by atoms with Crippen LogP contribution >= 0.6 is 11.6 Å². The summed E-state index contributed by atoms with van der Waals surface area (Å²) in [6, 6.07) is 1.61. The van der Waals surface area contributed by atoms with Crippen LogP contribution in [0.1, 0.15) is 24.2 Å². The molecule has 1 aliphatic heterocycles. The molecule has 1 saturated heterocycles. The van der Waals surface area contributed by atoms with Gasteiger partial charge in [0.1, 0.15) is 0 Å². The average Bonchev–Trinajstić information content (AvgIpc) is 2.62. The lowest BCUT2D eigenvalue weighted by Crippen LogP contribution is -2.58. The monoisotopic (exact) mass is 242 g/mol. The Hall–Kier alpha value is -1.00. The highest BCUT2D eigenvalue weighted by Gasteiger charge is 2.30. The van der Waals surface area contributed by atoms with Gasteiger partial charge < -0.3 is 14.6 Å². The van der Waals surface area contributed by atoms with Crippen molar-refractivity contribution in [3.05, 3.63) is 23.1 Å². The predicted molar refractivity (Wildman–Crippen MR) is 61.7 cm³/mol. The van der Waals surface area contributed by atoms with Crippen molar-refractivity contribution < 1.29 is 9.21 Å². The molecule has 0 unspecified atom stereocenters. The molecule has 0 atom stereocenters. The van der Waals surface area contributed by atoms with Crippen LogP contribution in [0, 0.1) is 0 Å². The van der Waals surface area contributed by atoms with Gasteiger partial charge in [-0.3, -0.25) is 4.79 Å². The molecule has 16 heavy (non-hydrogen) atoms. The van der Waals surface area contributed by atoms with E-state index in [2.05, 4.69) is 19.2 Å². The van der Waals surface area contributed by atoms with E-state index in [1.165, 1.54) is 6.26 Å². The Morgan fingerprint density at radius 1 is 1.62 bits per heavy atom. The molecule has 0 radical (unpaired) electrons. The van der Waals surface area contributed by atoms with Crippen molar-refractivity contribution in [1.29, 1.82) is 0 Å². The number of furan rings is 1. The van der Waals surface area contributed by atoms with Gasteiger partial charge in [-0.15, -0.1) is 0 Å². The average molecular weight is 243 g/mol. The van der Waals surface area contributed by atoms with Crippen LogP contribution in [-0.4, -0.2) is 36.0 Å². The zero-order valence-corrected chi connectivity index (χ0v) is 10.2. The van der Waals surface area contributed by atoms with E-state index < -0.39 is 0 Å². The maximum Gasteiger partial charge on any atom is 0.258 e. The first kappa shape index (κ1) is 11.5. The molecule has 1 aromatic heterocycles. The molecule has 1 aliphatic rings. The molecule has 2 rings (SSSR count). The molecule has 5 heteroatoms. The zero-order valence-electron chi connectivity index (χ0n) is 9.42. The Morgan fingerprint density at radius 2 is 2.38 bits per heavy atom. The number of halogens is 1. The second-order valence-corrected chi connectivity index (χ2v) is 4.99. The summed E-state index contributed by atoms with van der Waals surface area (Å²) in [6.45, 7) is 6.32. The number of rotatable bonds is 1. The van der Waals surface area contributed by atoms with Gasteiger partial charge in [0.2, 0.25) is 5.22 Å². The number of carbonyl (C=O) groups is 1. The summed E-state index contributed by atoms with van der Waals surface area (Å²) in [7, 11) is 0. The zero-order chi connectivity index (χ0) is 11.8. The first-order valence-electron chi connectivity index (χ1n) is 5.27. The van der Waals surface area contributed by atoms with Crippen molar-refractivity contribution in [1.82, 2.24) is 10.2 Å². The van der Waals surface area contributed by atoms with E-state index in [1.807, 2.05) is 0 Å². The molecule has 0 spiro atoms.